The Morgan fingerprint density at radius 1 is 1.03 bits per heavy atom. The van der Waals surface area contributed by atoms with E-state index in [4.69, 9.17) is 25.5 Å². The van der Waals surface area contributed by atoms with E-state index in [2.05, 4.69) is 0 Å². The Kier molecular flexibility index (Phi) is 5.78. The molecule has 0 unspecified atom stereocenters. The third kappa shape index (κ3) is 4.18. The highest BCUT2D eigenvalue weighted by Crippen LogP contribution is 2.35. The zero-order chi connectivity index (χ0) is 22.0. The van der Waals surface area contributed by atoms with Crippen LogP contribution in [0.4, 0.5) is 0 Å². The monoisotopic (exact) mass is 434 g/mol. The minimum absolute atomic E-state index is 0.0863. The molecule has 0 saturated heterocycles. The van der Waals surface area contributed by atoms with Crippen LogP contribution >= 0.6 is 11.6 Å². The molecule has 5 nitrogen and oxygen atoms in total. The number of aryl methyl sites for hydroxylation is 1. The van der Waals surface area contributed by atoms with Gasteiger partial charge in [0.05, 0.1) is 23.1 Å². The van der Waals surface area contributed by atoms with Crippen LogP contribution in [0.5, 0.6) is 5.75 Å². The summed E-state index contributed by atoms with van der Waals surface area (Å²) in [6.45, 7) is 2.02. The van der Waals surface area contributed by atoms with E-state index in [1.165, 1.54) is 7.11 Å². The van der Waals surface area contributed by atoms with Crippen LogP contribution in [-0.2, 0) is 11.3 Å². The second-order valence-corrected chi connectivity index (χ2v) is 7.45. The summed E-state index contributed by atoms with van der Waals surface area (Å²) in [7, 11) is 1.33. The Bertz CT molecular complexity index is 1320. The largest absolute Gasteiger partial charge is 0.481 e. The van der Waals surface area contributed by atoms with Crippen LogP contribution in [-0.4, -0.2) is 13.1 Å². The minimum Gasteiger partial charge on any atom is -0.481 e. The lowest BCUT2D eigenvalue weighted by Gasteiger charge is -2.13. The topological polar surface area (TPSA) is 65.7 Å². The molecule has 6 heteroatoms. The van der Waals surface area contributed by atoms with Gasteiger partial charge in [-0.15, -0.1) is 0 Å². The van der Waals surface area contributed by atoms with Crippen molar-refractivity contribution in [2.75, 3.05) is 7.11 Å². The van der Waals surface area contributed by atoms with Crippen molar-refractivity contribution in [1.29, 1.82) is 0 Å². The number of carbonyl (C=O) groups is 1. The van der Waals surface area contributed by atoms with E-state index in [1.54, 1.807) is 54.6 Å². The standard InChI is InChI=1S/C25H19ClO5/c1-15-7-12-21-19(13-15)22(27)24(23(31-21)18-5-3-4-6-20(18)26)30-14-16-8-10-17(11-9-16)25(28)29-2/h3-13H,14H2,1-2H3. The minimum atomic E-state index is -0.418. The number of hydrogen-bond acceptors (Lipinski definition) is 5. The van der Waals surface area contributed by atoms with Gasteiger partial charge >= 0.3 is 5.97 Å². The lowest BCUT2D eigenvalue weighted by molar-refractivity contribution is 0.0600. The number of fused-ring (bicyclic) bond motifs is 1. The maximum atomic E-state index is 13.3. The molecule has 0 bridgehead atoms. The van der Waals surface area contributed by atoms with Crippen molar-refractivity contribution < 1.29 is 18.7 Å². The molecule has 156 valence electrons. The first-order chi connectivity index (χ1) is 15.0. The molecule has 0 amide bonds. The van der Waals surface area contributed by atoms with Gasteiger partial charge in [-0.05, 0) is 48.9 Å². The molecule has 1 heterocycles. The molecule has 0 saturated carbocycles. The van der Waals surface area contributed by atoms with E-state index in [0.717, 1.165) is 11.1 Å². The smallest absolute Gasteiger partial charge is 0.337 e. The van der Waals surface area contributed by atoms with Crippen molar-refractivity contribution in [1.82, 2.24) is 0 Å². The molecule has 31 heavy (non-hydrogen) atoms. The fraction of sp³-hybridized carbons (Fsp3) is 0.120. The molecule has 4 aromatic rings. The Hall–Kier alpha value is -3.57. The Balaban J connectivity index is 1.77. The number of hydrogen-bond donors (Lipinski definition) is 0. The quantitative estimate of drug-likeness (QED) is 0.372. The predicted octanol–water partition coefficient (Wildman–Crippen LogP) is 5.79. The number of halogens is 1. The van der Waals surface area contributed by atoms with Crippen molar-refractivity contribution in [3.05, 3.63) is 98.7 Å². The van der Waals surface area contributed by atoms with Gasteiger partial charge in [0, 0.05) is 5.56 Å². The van der Waals surface area contributed by atoms with Gasteiger partial charge < -0.3 is 13.9 Å². The molecule has 0 radical (unpaired) electrons. The van der Waals surface area contributed by atoms with Gasteiger partial charge in [0.25, 0.3) is 0 Å². The molecule has 0 aliphatic carbocycles. The molecule has 0 fully saturated rings. The molecular formula is C25H19ClO5. The van der Waals surface area contributed by atoms with Gasteiger partial charge in [-0.3, -0.25) is 4.79 Å². The van der Waals surface area contributed by atoms with E-state index in [1.807, 2.05) is 19.1 Å². The lowest BCUT2D eigenvalue weighted by Crippen LogP contribution is -2.11. The van der Waals surface area contributed by atoms with Crippen LogP contribution in [0.15, 0.2) is 75.9 Å². The second-order valence-electron chi connectivity index (χ2n) is 7.05. The first kappa shape index (κ1) is 20.7. The summed E-state index contributed by atoms with van der Waals surface area (Å²) in [6.07, 6.45) is 0. The summed E-state index contributed by atoms with van der Waals surface area (Å²) < 4.78 is 16.7. The van der Waals surface area contributed by atoms with Gasteiger partial charge in [-0.1, -0.05) is 47.5 Å². The summed E-state index contributed by atoms with van der Waals surface area (Å²) in [5.74, 6) is -0.0552. The highest BCUT2D eigenvalue weighted by Gasteiger charge is 2.20. The summed E-state index contributed by atoms with van der Waals surface area (Å²) in [4.78, 5) is 24.9. The number of methoxy groups -OCH3 is 1. The third-order valence-corrected chi connectivity index (χ3v) is 5.21. The zero-order valence-electron chi connectivity index (χ0n) is 17.0. The van der Waals surface area contributed by atoms with Gasteiger partial charge in [0.2, 0.25) is 11.2 Å². The molecule has 0 aliphatic heterocycles. The van der Waals surface area contributed by atoms with Gasteiger partial charge in [0.1, 0.15) is 12.2 Å². The Labute approximate surface area is 183 Å². The SMILES string of the molecule is COC(=O)c1ccc(COc2c(-c3ccccc3Cl)oc3ccc(C)cc3c2=O)cc1. The number of ether oxygens (including phenoxy) is 2. The van der Waals surface area contributed by atoms with E-state index >= 15 is 0 Å². The zero-order valence-corrected chi connectivity index (χ0v) is 17.7. The van der Waals surface area contributed by atoms with E-state index in [-0.39, 0.29) is 23.5 Å². The first-order valence-corrected chi connectivity index (χ1v) is 9.98. The van der Waals surface area contributed by atoms with E-state index in [9.17, 15) is 9.59 Å². The normalized spacial score (nSPS) is 10.8. The number of benzene rings is 3. The van der Waals surface area contributed by atoms with Crippen LogP contribution in [0.3, 0.4) is 0 Å². The summed E-state index contributed by atoms with van der Waals surface area (Å²) in [6, 6.07) is 19.3. The van der Waals surface area contributed by atoms with Gasteiger partial charge in [-0.2, -0.15) is 0 Å². The molecular weight excluding hydrogens is 416 g/mol. The molecule has 4 rings (SSSR count). The van der Waals surface area contributed by atoms with E-state index in [0.29, 0.717) is 27.1 Å². The third-order valence-electron chi connectivity index (χ3n) is 4.88. The first-order valence-electron chi connectivity index (χ1n) is 9.60. The maximum Gasteiger partial charge on any atom is 0.337 e. The molecule has 0 N–H and O–H groups in total. The number of rotatable bonds is 5. The van der Waals surface area contributed by atoms with Crippen molar-refractivity contribution in [2.24, 2.45) is 0 Å². The second kappa shape index (κ2) is 8.66. The van der Waals surface area contributed by atoms with Crippen LogP contribution in [0.2, 0.25) is 5.02 Å². The Morgan fingerprint density at radius 3 is 2.48 bits per heavy atom. The molecule has 0 aliphatic rings. The van der Waals surface area contributed by atoms with Crippen LogP contribution in [0.25, 0.3) is 22.3 Å². The summed E-state index contributed by atoms with van der Waals surface area (Å²) in [5.41, 5.74) is 2.91. The number of carbonyl (C=O) groups excluding carboxylic acids is 1. The molecule has 1 aromatic heterocycles. The number of esters is 1. The predicted molar refractivity (Wildman–Crippen MR) is 120 cm³/mol. The van der Waals surface area contributed by atoms with Crippen LogP contribution in [0, 0.1) is 6.92 Å². The van der Waals surface area contributed by atoms with E-state index < -0.39 is 5.97 Å². The van der Waals surface area contributed by atoms with Crippen LogP contribution in [0.1, 0.15) is 21.5 Å². The molecule has 0 atom stereocenters. The van der Waals surface area contributed by atoms with Gasteiger partial charge in [-0.25, -0.2) is 4.79 Å². The summed E-state index contributed by atoms with van der Waals surface area (Å²) >= 11 is 6.38. The fourth-order valence-electron chi connectivity index (χ4n) is 3.26. The van der Waals surface area contributed by atoms with Crippen molar-refractivity contribution >= 4 is 28.5 Å². The Morgan fingerprint density at radius 2 is 1.77 bits per heavy atom. The van der Waals surface area contributed by atoms with Crippen molar-refractivity contribution in [3.63, 3.8) is 0 Å². The molecule has 0 spiro atoms. The molecule has 3 aromatic carbocycles. The van der Waals surface area contributed by atoms with Crippen molar-refractivity contribution in [3.8, 4) is 17.1 Å². The maximum absolute atomic E-state index is 13.3. The average molecular weight is 435 g/mol. The average Bonchev–Trinajstić information content (AvgIpc) is 2.79. The highest BCUT2D eigenvalue weighted by atomic mass is 35.5. The highest BCUT2D eigenvalue weighted by molar-refractivity contribution is 6.33. The van der Waals surface area contributed by atoms with Gasteiger partial charge in [0.15, 0.2) is 5.76 Å². The summed E-state index contributed by atoms with van der Waals surface area (Å²) in [5, 5.41) is 0.885. The van der Waals surface area contributed by atoms with Crippen LogP contribution < -0.4 is 10.2 Å². The lowest BCUT2D eigenvalue weighted by atomic mass is 10.1. The fourth-order valence-corrected chi connectivity index (χ4v) is 3.48. The van der Waals surface area contributed by atoms with Crippen molar-refractivity contribution in [2.45, 2.75) is 13.5 Å².